The van der Waals surface area contributed by atoms with Crippen LogP contribution in [0.5, 0.6) is 0 Å². The molecule has 1 aliphatic heterocycles. The molecule has 1 saturated heterocycles. The van der Waals surface area contributed by atoms with Crippen LogP contribution in [0.3, 0.4) is 0 Å². The number of nitrogens with zero attached hydrogens (tertiary/aromatic N) is 2. The van der Waals surface area contributed by atoms with Gasteiger partial charge in [-0.3, -0.25) is 4.79 Å². The highest BCUT2D eigenvalue weighted by molar-refractivity contribution is 7.89. The van der Waals surface area contributed by atoms with Crippen LogP contribution in [-0.4, -0.2) is 42.7 Å². The summed E-state index contributed by atoms with van der Waals surface area (Å²) in [5.74, 6) is 5.21. The molecule has 2 heterocycles. The molecule has 0 aliphatic carbocycles. The zero-order valence-corrected chi connectivity index (χ0v) is 11.9. The fourth-order valence-corrected chi connectivity index (χ4v) is 3.83. The Morgan fingerprint density at radius 2 is 2.35 bits per heavy atom. The van der Waals surface area contributed by atoms with Gasteiger partial charge in [0.15, 0.2) is 0 Å². The number of carbonyl (C=O) groups is 1. The van der Waals surface area contributed by atoms with Crippen LogP contribution in [-0.2, 0) is 14.8 Å². The Morgan fingerprint density at radius 1 is 1.60 bits per heavy atom. The van der Waals surface area contributed by atoms with Crippen LogP contribution in [0, 0.1) is 0 Å². The largest absolute Gasteiger partial charge is 0.353 e. The Hall–Kier alpha value is -1.71. The van der Waals surface area contributed by atoms with Gasteiger partial charge in [0.2, 0.25) is 15.9 Å². The molecule has 1 amide bonds. The topological polar surface area (TPSA) is 117 Å². The van der Waals surface area contributed by atoms with Gasteiger partial charge < -0.3 is 10.7 Å². The number of hydrogen-bond acceptors (Lipinski definition) is 6. The number of nitrogen functional groups attached to an aromatic ring is 1. The lowest BCUT2D eigenvalue weighted by Crippen LogP contribution is -2.56. The average Bonchev–Trinajstić information content (AvgIpc) is 2.47. The van der Waals surface area contributed by atoms with Crippen molar-refractivity contribution in [1.29, 1.82) is 0 Å². The Labute approximate surface area is 117 Å². The third-order valence-electron chi connectivity index (χ3n) is 3.15. The second kappa shape index (κ2) is 5.73. The number of piperazine rings is 1. The Kier molecular flexibility index (Phi) is 4.21. The Bertz CT molecular complexity index is 604. The molecule has 9 heteroatoms. The lowest BCUT2D eigenvalue weighted by atomic mass is 10.2. The number of amides is 1. The number of carbonyl (C=O) groups excluding carboxylic acids is 1. The minimum atomic E-state index is -3.75. The SMILES string of the molecule is CCC1C(=O)NCCN1S(=O)(=O)c1ccnc(NN)c1. The van der Waals surface area contributed by atoms with E-state index in [2.05, 4.69) is 15.7 Å². The van der Waals surface area contributed by atoms with Crippen molar-refractivity contribution >= 4 is 21.7 Å². The van der Waals surface area contributed by atoms with Gasteiger partial charge in [0.1, 0.15) is 11.9 Å². The monoisotopic (exact) mass is 299 g/mol. The van der Waals surface area contributed by atoms with Crippen LogP contribution in [0.2, 0.25) is 0 Å². The molecule has 0 radical (unpaired) electrons. The molecular formula is C11H17N5O3S. The highest BCUT2D eigenvalue weighted by Crippen LogP contribution is 2.22. The van der Waals surface area contributed by atoms with Gasteiger partial charge >= 0.3 is 0 Å². The smallest absolute Gasteiger partial charge is 0.244 e. The first-order valence-electron chi connectivity index (χ1n) is 6.23. The number of nitrogens with two attached hydrogens (primary N) is 1. The summed E-state index contributed by atoms with van der Waals surface area (Å²) in [6, 6.07) is 2.04. The number of aromatic nitrogens is 1. The number of hydrazine groups is 1. The van der Waals surface area contributed by atoms with E-state index in [-0.39, 0.29) is 23.2 Å². The lowest BCUT2D eigenvalue weighted by molar-refractivity contribution is -0.126. The molecule has 8 nitrogen and oxygen atoms in total. The van der Waals surface area contributed by atoms with Gasteiger partial charge in [0.25, 0.3) is 0 Å². The van der Waals surface area contributed by atoms with Gasteiger partial charge in [-0.25, -0.2) is 19.2 Å². The maximum atomic E-state index is 12.6. The van der Waals surface area contributed by atoms with Crippen molar-refractivity contribution < 1.29 is 13.2 Å². The number of rotatable bonds is 4. The first-order chi connectivity index (χ1) is 9.50. The summed E-state index contributed by atoms with van der Waals surface area (Å²) in [5, 5.41) is 2.67. The summed E-state index contributed by atoms with van der Waals surface area (Å²) in [6.07, 6.45) is 1.77. The van der Waals surface area contributed by atoms with Crippen LogP contribution in [0.1, 0.15) is 13.3 Å². The quantitative estimate of drug-likeness (QED) is 0.498. The third-order valence-corrected chi connectivity index (χ3v) is 5.06. The van der Waals surface area contributed by atoms with E-state index in [0.29, 0.717) is 13.0 Å². The number of hydrogen-bond donors (Lipinski definition) is 3. The van der Waals surface area contributed by atoms with E-state index in [1.807, 2.05) is 0 Å². The molecular weight excluding hydrogens is 282 g/mol. The predicted molar refractivity (Wildman–Crippen MR) is 73.0 cm³/mol. The van der Waals surface area contributed by atoms with Crippen molar-refractivity contribution in [3.63, 3.8) is 0 Å². The van der Waals surface area contributed by atoms with Crippen LogP contribution in [0.25, 0.3) is 0 Å². The van der Waals surface area contributed by atoms with Crippen LogP contribution in [0.4, 0.5) is 5.82 Å². The van der Waals surface area contributed by atoms with E-state index in [1.54, 1.807) is 6.92 Å². The summed E-state index contributed by atoms with van der Waals surface area (Å²) in [6.45, 7) is 2.33. The van der Waals surface area contributed by atoms with Crippen molar-refractivity contribution in [2.45, 2.75) is 24.3 Å². The minimum Gasteiger partial charge on any atom is -0.353 e. The molecule has 20 heavy (non-hydrogen) atoms. The molecule has 110 valence electrons. The zero-order chi connectivity index (χ0) is 14.8. The van der Waals surface area contributed by atoms with E-state index in [4.69, 9.17) is 5.84 Å². The fraction of sp³-hybridized carbons (Fsp3) is 0.455. The minimum absolute atomic E-state index is 0.0635. The molecule has 1 fully saturated rings. The number of nitrogens with one attached hydrogen (secondary N) is 2. The molecule has 2 rings (SSSR count). The summed E-state index contributed by atoms with van der Waals surface area (Å²) in [5.41, 5.74) is 2.30. The molecule has 0 spiro atoms. The predicted octanol–water partition coefficient (Wildman–Crippen LogP) is -0.734. The van der Waals surface area contributed by atoms with Crippen molar-refractivity contribution in [3.8, 4) is 0 Å². The summed E-state index contributed by atoms with van der Waals surface area (Å²) >= 11 is 0. The first kappa shape index (κ1) is 14.7. The van der Waals surface area contributed by atoms with Crippen LogP contribution < -0.4 is 16.6 Å². The van der Waals surface area contributed by atoms with Crippen LogP contribution >= 0.6 is 0 Å². The molecule has 1 unspecified atom stereocenters. The second-order valence-corrected chi connectivity index (χ2v) is 6.24. The van der Waals surface area contributed by atoms with Gasteiger partial charge in [-0.05, 0) is 12.5 Å². The molecule has 4 N–H and O–H groups in total. The molecule has 0 saturated carbocycles. The van der Waals surface area contributed by atoms with Gasteiger partial charge in [0, 0.05) is 25.4 Å². The van der Waals surface area contributed by atoms with Gasteiger partial charge in [-0.15, -0.1) is 0 Å². The average molecular weight is 299 g/mol. The summed E-state index contributed by atoms with van der Waals surface area (Å²) in [4.78, 5) is 15.7. The van der Waals surface area contributed by atoms with E-state index in [1.165, 1.54) is 22.6 Å². The van der Waals surface area contributed by atoms with E-state index in [9.17, 15) is 13.2 Å². The van der Waals surface area contributed by atoms with Crippen molar-refractivity contribution in [3.05, 3.63) is 18.3 Å². The fourth-order valence-electron chi connectivity index (χ4n) is 2.16. The lowest BCUT2D eigenvalue weighted by Gasteiger charge is -2.33. The van der Waals surface area contributed by atoms with Gasteiger partial charge in [-0.1, -0.05) is 6.92 Å². The normalized spacial score (nSPS) is 20.5. The molecule has 1 aliphatic rings. The highest BCUT2D eigenvalue weighted by atomic mass is 32.2. The maximum Gasteiger partial charge on any atom is 0.244 e. The molecule has 0 bridgehead atoms. The summed E-state index contributed by atoms with van der Waals surface area (Å²) < 4.78 is 26.5. The van der Waals surface area contributed by atoms with E-state index < -0.39 is 16.1 Å². The second-order valence-electron chi connectivity index (χ2n) is 4.35. The Morgan fingerprint density at radius 3 is 3.00 bits per heavy atom. The van der Waals surface area contributed by atoms with Crippen molar-refractivity contribution in [2.24, 2.45) is 5.84 Å². The number of pyridine rings is 1. The van der Waals surface area contributed by atoms with Gasteiger partial charge in [-0.2, -0.15) is 4.31 Å². The maximum absolute atomic E-state index is 12.6. The van der Waals surface area contributed by atoms with E-state index in [0.717, 1.165) is 0 Å². The molecule has 1 aromatic heterocycles. The number of sulfonamides is 1. The van der Waals surface area contributed by atoms with E-state index >= 15 is 0 Å². The Balaban J connectivity index is 2.40. The molecule has 1 atom stereocenters. The standard InChI is InChI=1S/C11H17N5O3S/c1-2-9-11(17)14-5-6-16(9)20(18,19)8-3-4-13-10(7-8)15-12/h3-4,7,9H,2,5-6,12H2,1H3,(H,13,15)(H,14,17). The molecule has 0 aromatic carbocycles. The zero-order valence-electron chi connectivity index (χ0n) is 11.0. The van der Waals surface area contributed by atoms with Gasteiger partial charge in [0.05, 0.1) is 4.90 Å². The summed E-state index contributed by atoms with van der Waals surface area (Å²) in [7, 11) is -3.75. The molecule has 1 aromatic rings. The first-order valence-corrected chi connectivity index (χ1v) is 7.67. The number of anilines is 1. The van der Waals surface area contributed by atoms with Crippen molar-refractivity contribution in [1.82, 2.24) is 14.6 Å². The highest BCUT2D eigenvalue weighted by Gasteiger charge is 2.37. The van der Waals surface area contributed by atoms with Crippen molar-refractivity contribution in [2.75, 3.05) is 18.5 Å². The third kappa shape index (κ3) is 2.60. The van der Waals surface area contributed by atoms with Crippen LogP contribution in [0.15, 0.2) is 23.2 Å².